The molecular weight excluding hydrogens is 511 g/mol. The summed E-state index contributed by atoms with van der Waals surface area (Å²) < 4.78 is 15.9. The minimum absolute atomic E-state index is 0.0513. The maximum Gasteiger partial charge on any atom is 0.223 e. The average Bonchev–Trinajstić information content (AvgIpc) is 2.70. The van der Waals surface area contributed by atoms with Crippen LogP contribution in [0.15, 0.2) is 45.3 Å². The van der Waals surface area contributed by atoms with Gasteiger partial charge >= 0.3 is 0 Å². The van der Waals surface area contributed by atoms with E-state index in [0.717, 1.165) is 46.0 Å². The number of amides is 1. The highest BCUT2D eigenvalue weighted by Crippen LogP contribution is 2.40. The van der Waals surface area contributed by atoms with Crippen LogP contribution in [0.3, 0.4) is 0 Å². The monoisotopic (exact) mass is 538 g/mol. The highest BCUT2D eigenvalue weighted by Gasteiger charge is 2.39. The van der Waals surface area contributed by atoms with Crippen LogP contribution >= 0.6 is 31.9 Å². The molecule has 1 amide bonds. The third-order valence-electron chi connectivity index (χ3n) is 6.55. The first-order valence-corrected chi connectivity index (χ1v) is 11.9. The molecule has 1 atom stereocenters. The quantitative estimate of drug-likeness (QED) is 0.449. The summed E-state index contributed by atoms with van der Waals surface area (Å²) in [4.78, 5) is 17.6. The Balaban J connectivity index is 1.86. The minimum atomic E-state index is -0.256. The molecule has 1 fully saturated rings. The Labute approximate surface area is 195 Å². The van der Waals surface area contributed by atoms with Gasteiger partial charge in [0.15, 0.2) is 0 Å². The molecular formula is C24H29Br2FN2O. The normalized spacial score (nSPS) is 17.6. The van der Waals surface area contributed by atoms with Crippen molar-refractivity contribution in [1.29, 1.82) is 0 Å². The van der Waals surface area contributed by atoms with Crippen molar-refractivity contribution in [1.82, 2.24) is 9.80 Å². The van der Waals surface area contributed by atoms with Crippen molar-refractivity contribution < 1.29 is 9.18 Å². The molecule has 0 spiro atoms. The summed E-state index contributed by atoms with van der Waals surface area (Å²) in [6.45, 7) is 5.71. The molecule has 30 heavy (non-hydrogen) atoms. The zero-order chi connectivity index (χ0) is 22.1. The largest absolute Gasteiger partial charge is 0.339 e. The van der Waals surface area contributed by atoms with E-state index in [-0.39, 0.29) is 23.2 Å². The number of hydrogen-bond acceptors (Lipinski definition) is 2. The van der Waals surface area contributed by atoms with Gasteiger partial charge < -0.3 is 9.80 Å². The lowest BCUT2D eigenvalue weighted by Crippen LogP contribution is -2.44. The van der Waals surface area contributed by atoms with Gasteiger partial charge in [-0.25, -0.2) is 4.39 Å². The van der Waals surface area contributed by atoms with Gasteiger partial charge in [-0.2, -0.15) is 0 Å². The van der Waals surface area contributed by atoms with Crippen molar-refractivity contribution in [3.05, 3.63) is 67.9 Å². The maximum atomic E-state index is 13.9. The van der Waals surface area contributed by atoms with Crippen LogP contribution in [0.2, 0.25) is 0 Å². The number of likely N-dealkylation sites (tertiary alicyclic amines) is 1. The van der Waals surface area contributed by atoms with Crippen LogP contribution in [0.1, 0.15) is 48.9 Å². The number of nitrogens with zero attached hydrogens (tertiary/aromatic N) is 2. The number of aryl methyl sites for hydroxylation is 1. The van der Waals surface area contributed by atoms with Crippen LogP contribution in [0.4, 0.5) is 4.39 Å². The number of piperidine rings is 1. The first kappa shape index (κ1) is 23.4. The van der Waals surface area contributed by atoms with Crippen molar-refractivity contribution in [2.45, 2.75) is 44.6 Å². The Kier molecular flexibility index (Phi) is 7.41. The van der Waals surface area contributed by atoms with Gasteiger partial charge in [0.25, 0.3) is 0 Å². The molecule has 0 saturated carbocycles. The van der Waals surface area contributed by atoms with Gasteiger partial charge in [0, 0.05) is 27.8 Å². The Bertz CT molecular complexity index is 905. The summed E-state index contributed by atoms with van der Waals surface area (Å²) in [5, 5.41) is 0. The smallest absolute Gasteiger partial charge is 0.223 e. The molecule has 1 aliphatic rings. The van der Waals surface area contributed by atoms with Crippen molar-refractivity contribution in [2.24, 2.45) is 0 Å². The van der Waals surface area contributed by atoms with Crippen molar-refractivity contribution >= 4 is 37.8 Å². The topological polar surface area (TPSA) is 23.6 Å². The zero-order valence-corrected chi connectivity index (χ0v) is 21.2. The fourth-order valence-corrected chi connectivity index (χ4v) is 5.59. The van der Waals surface area contributed by atoms with E-state index in [1.807, 2.05) is 42.3 Å². The van der Waals surface area contributed by atoms with Gasteiger partial charge in [-0.1, -0.05) is 44.0 Å². The number of benzene rings is 2. The Morgan fingerprint density at radius 3 is 2.33 bits per heavy atom. The predicted molar refractivity (Wildman–Crippen MR) is 127 cm³/mol. The minimum Gasteiger partial charge on any atom is -0.339 e. The molecule has 1 saturated heterocycles. The van der Waals surface area contributed by atoms with Gasteiger partial charge in [0.2, 0.25) is 5.91 Å². The van der Waals surface area contributed by atoms with E-state index < -0.39 is 0 Å². The Morgan fingerprint density at radius 2 is 1.77 bits per heavy atom. The molecule has 3 nitrogen and oxygen atoms in total. The van der Waals surface area contributed by atoms with Crippen molar-refractivity contribution in [2.75, 3.05) is 27.2 Å². The molecule has 1 heterocycles. The standard InChI is InChI=1S/C24H29Br2FN2O/c1-16-11-19(5-6-22(16)27)24(7-9-28(3)10-8-24)15-23(30)29(4)17(2)18-12-20(25)14-21(26)13-18/h5-6,11-14,17H,7-10,15H2,1-4H3. The second-order valence-corrected chi connectivity index (χ2v) is 10.4. The molecule has 0 aliphatic carbocycles. The van der Waals surface area contributed by atoms with E-state index in [4.69, 9.17) is 0 Å². The van der Waals surface area contributed by atoms with Crippen molar-refractivity contribution in [3.8, 4) is 0 Å². The maximum absolute atomic E-state index is 13.9. The van der Waals surface area contributed by atoms with E-state index in [1.165, 1.54) is 0 Å². The van der Waals surface area contributed by atoms with E-state index in [1.54, 1.807) is 13.0 Å². The molecule has 2 aromatic carbocycles. The highest BCUT2D eigenvalue weighted by atomic mass is 79.9. The molecule has 1 aliphatic heterocycles. The van der Waals surface area contributed by atoms with Crippen LogP contribution < -0.4 is 0 Å². The fraction of sp³-hybridized carbons (Fsp3) is 0.458. The Morgan fingerprint density at radius 1 is 1.17 bits per heavy atom. The summed E-state index contributed by atoms with van der Waals surface area (Å²) in [6.07, 6.45) is 2.22. The number of halogens is 3. The molecule has 0 bridgehead atoms. The third-order valence-corrected chi connectivity index (χ3v) is 7.46. The fourth-order valence-electron chi connectivity index (χ4n) is 4.26. The van der Waals surface area contributed by atoms with Crippen molar-refractivity contribution in [3.63, 3.8) is 0 Å². The predicted octanol–water partition coefficient (Wildman–Crippen LogP) is 6.23. The van der Waals surface area contributed by atoms with Gasteiger partial charge in [-0.05, 0) is 87.8 Å². The number of carbonyl (C=O) groups is 1. The summed E-state index contributed by atoms with van der Waals surface area (Å²) >= 11 is 7.07. The molecule has 6 heteroatoms. The first-order chi connectivity index (χ1) is 14.1. The average molecular weight is 540 g/mol. The van der Waals surface area contributed by atoms with E-state index in [2.05, 4.69) is 50.7 Å². The lowest BCUT2D eigenvalue weighted by molar-refractivity contribution is -0.133. The Hall–Kier alpha value is -1.24. The lowest BCUT2D eigenvalue weighted by atomic mass is 9.70. The molecule has 3 rings (SSSR count). The third kappa shape index (κ3) is 5.14. The van der Waals surface area contributed by atoms with Crippen LogP contribution in [-0.2, 0) is 10.2 Å². The summed E-state index contributed by atoms with van der Waals surface area (Å²) in [7, 11) is 3.99. The highest BCUT2D eigenvalue weighted by molar-refractivity contribution is 9.11. The summed E-state index contributed by atoms with van der Waals surface area (Å²) in [5.74, 6) is -0.0794. The van der Waals surface area contributed by atoms with Gasteiger partial charge in [-0.15, -0.1) is 0 Å². The number of rotatable bonds is 5. The molecule has 0 radical (unpaired) electrons. The first-order valence-electron chi connectivity index (χ1n) is 10.3. The van der Waals surface area contributed by atoms with E-state index in [0.29, 0.717) is 12.0 Å². The summed E-state index contributed by atoms with van der Waals surface area (Å²) in [5.41, 5.74) is 2.53. The second-order valence-electron chi connectivity index (χ2n) is 8.61. The molecule has 1 unspecified atom stereocenters. The van der Waals surface area contributed by atoms with Crippen LogP contribution in [0.25, 0.3) is 0 Å². The van der Waals surface area contributed by atoms with Crippen LogP contribution in [0.5, 0.6) is 0 Å². The zero-order valence-electron chi connectivity index (χ0n) is 18.0. The van der Waals surface area contributed by atoms with Crippen LogP contribution in [0, 0.1) is 12.7 Å². The second kappa shape index (κ2) is 9.49. The number of carbonyl (C=O) groups excluding carboxylic acids is 1. The number of hydrogen-bond donors (Lipinski definition) is 0. The molecule has 162 valence electrons. The van der Waals surface area contributed by atoms with Gasteiger partial charge in [0.05, 0.1) is 6.04 Å². The molecule has 2 aromatic rings. The summed E-state index contributed by atoms with van der Waals surface area (Å²) in [6, 6.07) is 11.4. The van der Waals surface area contributed by atoms with E-state index in [9.17, 15) is 9.18 Å². The molecule has 0 aromatic heterocycles. The van der Waals surface area contributed by atoms with Gasteiger partial charge in [0.1, 0.15) is 5.82 Å². The SMILES string of the molecule is Cc1cc(C2(CC(=O)N(C)C(C)c3cc(Br)cc(Br)c3)CCN(C)CC2)ccc1F. The van der Waals surface area contributed by atoms with E-state index >= 15 is 0 Å². The van der Waals surface area contributed by atoms with Gasteiger partial charge in [-0.3, -0.25) is 4.79 Å². The van der Waals surface area contributed by atoms with Crippen LogP contribution in [-0.4, -0.2) is 42.9 Å². The lowest BCUT2D eigenvalue weighted by Gasteiger charge is -2.42. The molecule has 0 N–H and O–H groups in total.